The maximum Gasteiger partial charge on any atom is 0.135 e. The third kappa shape index (κ3) is 3.45. The van der Waals surface area contributed by atoms with Gasteiger partial charge in [0.15, 0.2) is 0 Å². The van der Waals surface area contributed by atoms with E-state index in [-0.39, 0.29) is 57.1 Å². The van der Waals surface area contributed by atoms with Gasteiger partial charge in [0, 0.05) is 27.4 Å². The van der Waals surface area contributed by atoms with Crippen LogP contribution in [0.4, 0.5) is 0 Å². The summed E-state index contributed by atoms with van der Waals surface area (Å²) >= 11 is 0. The molecule has 0 radical (unpaired) electrons. The van der Waals surface area contributed by atoms with Crippen molar-refractivity contribution < 1.29 is 17.1 Å². The highest BCUT2D eigenvalue weighted by Gasteiger charge is 2.20. The number of aromatic nitrogens is 1. The molecular weight excluding hydrogens is 510 g/mol. The second kappa shape index (κ2) is 8.95. The Kier molecular flexibility index (Phi) is 3.41. The first kappa shape index (κ1) is 16.0. The van der Waals surface area contributed by atoms with Crippen LogP contribution >= 0.6 is 0 Å². The molecule has 42 heavy (non-hydrogen) atoms. The molecule has 0 saturated heterocycles. The average Bonchev–Trinajstić information content (AvgIpc) is 3.49. The molecule has 0 fully saturated rings. The van der Waals surface area contributed by atoms with Crippen LogP contribution in [0.5, 0.6) is 11.5 Å². The minimum absolute atomic E-state index is 0.0106. The Bertz CT molecular complexity index is 2800. The molecule has 0 spiro atoms. The number of fused-ring (bicyclic) bond motifs is 5. The van der Waals surface area contributed by atoms with E-state index in [1.165, 1.54) is 0 Å². The van der Waals surface area contributed by atoms with Crippen molar-refractivity contribution in [1.29, 1.82) is 0 Å². The highest BCUT2D eigenvalue weighted by Crippen LogP contribution is 2.47. The van der Waals surface area contributed by atoms with Crippen molar-refractivity contribution in [2.24, 2.45) is 0 Å². The SMILES string of the molecule is [2H]c1c([2H])c(-c2ccc(-c3ccc4c(c3)c3ccccc3n4-c3ccccc3)cc2)c([2H])c2c1Oc1c([2H])c([2H])c([2H])c3c([2H])c([2H])c([2H])c-2c13. The Labute approximate surface area is 256 Å². The lowest BCUT2D eigenvalue weighted by Crippen LogP contribution is -1.97. The Morgan fingerprint density at radius 2 is 1.24 bits per heavy atom. The zero-order chi connectivity index (χ0) is 35.5. The van der Waals surface area contributed by atoms with Gasteiger partial charge in [0.2, 0.25) is 0 Å². The van der Waals surface area contributed by atoms with E-state index in [9.17, 15) is 1.37 Å². The van der Waals surface area contributed by atoms with Crippen molar-refractivity contribution in [2.75, 3.05) is 0 Å². The molecule has 1 aromatic heterocycles. The summed E-state index contributed by atoms with van der Waals surface area (Å²) in [6, 6.07) is 28.6. The Balaban J connectivity index is 1.20. The normalized spacial score (nSPS) is 15.0. The largest absolute Gasteiger partial charge is 0.456 e. The van der Waals surface area contributed by atoms with Crippen molar-refractivity contribution in [1.82, 2.24) is 4.57 Å². The number of ether oxygens (including phenoxy) is 1. The lowest BCUT2D eigenvalue weighted by Gasteiger charge is -2.22. The highest BCUT2D eigenvalue weighted by molar-refractivity contribution is 6.10. The van der Waals surface area contributed by atoms with Crippen LogP contribution in [0.15, 0.2) is 151 Å². The molecule has 0 atom stereocenters. The zero-order valence-electron chi connectivity index (χ0n) is 31.1. The van der Waals surface area contributed by atoms with Gasteiger partial charge < -0.3 is 9.30 Å². The van der Waals surface area contributed by atoms with E-state index >= 15 is 0 Å². The second-order valence-electron chi connectivity index (χ2n) is 10.3. The summed E-state index contributed by atoms with van der Waals surface area (Å²) in [7, 11) is 0. The van der Waals surface area contributed by atoms with Gasteiger partial charge in [0.25, 0.3) is 0 Å². The third-order valence-electron chi connectivity index (χ3n) is 7.89. The summed E-state index contributed by atoms with van der Waals surface area (Å²) in [6.45, 7) is 0. The minimum Gasteiger partial charge on any atom is -0.456 e. The molecule has 9 rings (SSSR count). The van der Waals surface area contributed by atoms with Crippen LogP contribution < -0.4 is 4.74 Å². The standard InChI is InChI=1S/C40H25NO/c1-2-10-31(11-3-1)41-36-14-5-4-12-32(36)34-24-29(20-22-37(34)41)26-16-18-27(19-17-26)30-21-23-38-35(25-30)33-13-6-8-28-9-7-15-39(42-38)40(28)33/h1-25H/i6D,7D,8D,9D,13D,15D,21D,23D,25D. The van der Waals surface area contributed by atoms with E-state index < -0.39 is 36.3 Å². The van der Waals surface area contributed by atoms with Crippen LogP contribution in [0, 0.1) is 0 Å². The van der Waals surface area contributed by atoms with Crippen molar-refractivity contribution in [2.45, 2.75) is 0 Å². The molecule has 2 heterocycles. The number of hydrogen-bond donors (Lipinski definition) is 0. The van der Waals surface area contributed by atoms with Gasteiger partial charge >= 0.3 is 0 Å². The first-order chi connectivity index (χ1) is 24.6. The molecule has 7 aromatic carbocycles. The molecule has 0 unspecified atom stereocenters. The summed E-state index contributed by atoms with van der Waals surface area (Å²) < 4.78 is 86.5. The number of nitrogens with zero attached hydrogens (tertiary/aromatic N) is 1. The molecule has 2 nitrogen and oxygen atoms in total. The van der Waals surface area contributed by atoms with E-state index in [0.29, 0.717) is 5.56 Å². The van der Waals surface area contributed by atoms with E-state index in [1.54, 1.807) is 12.1 Å². The van der Waals surface area contributed by atoms with Gasteiger partial charge in [0.05, 0.1) is 23.4 Å². The fraction of sp³-hybridized carbons (Fsp3) is 0. The lowest BCUT2D eigenvalue weighted by atomic mass is 9.92. The molecule has 0 saturated carbocycles. The van der Waals surface area contributed by atoms with E-state index in [1.807, 2.05) is 42.5 Å². The quantitative estimate of drug-likeness (QED) is 0.216. The number of hydrogen-bond acceptors (Lipinski definition) is 1. The van der Waals surface area contributed by atoms with Gasteiger partial charge in [-0.2, -0.15) is 0 Å². The first-order valence-electron chi connectivity index (χ1n) is 18.1. The molecule has 196 valence electrons. The maximum atomic E-state index is 9.32. The topological polar surface area (TPSA) is 14.2 Å². The Morgan fingerprint density at radius 1 is 0.524 bits per heavy atom. The molecule has 0 amide bonds. The molecule has 1 aliphatic rings. The maximum absolute atomic E-state index is 9.32. The van der Waals surface area contributed by atoms with Crippen LogP contribution in [-0.4, -0.2) is 4.57 Å². The van der Waals surface area contributed by atoms with E-state index in [4.69, 9.17) is 15.7 Å². The minimum atomic E-state index is -0.515. The van der Waals surface area contributed by atoms with Gasteiger partial charge in [-0.1, -0.05) is 103 Å². The molecule has 2 heteroatoms. The molecule has 8 aromatic rings. The smallest absolute Gasteiger partial charge is 0.135 e. The predicted octanol–water partition coefficient (Wildman–Crippen LogP) is 11.0. The number of benzene rings is 7. The number of rotatable bonds is 3. The van der Waals surface area contributed by atoms with Crippen molar-refractivity contribution >= 4 is 32.6 Å². The van der Waals surface area contributed by atoms with Gasteiger partial charge in [-0.05, 0) is 81.7 Å². The fourth-order valence-corrected chi connectivity index (χ4v) is 5.93. The predicted molar refractivity (Wildman–Crippen MR) is 175 cm³/mol. The van der Waals surface area contributed by atoms with E-state index in [0.717, 1.165) is 38.6 Å². The van der Waals surface area contributed by atoms with Crippen LogP contribution in [0.1, 0.15) is 12.3 Å². The summed E-state index contributed by atoms with van der Waals surface area (Å²) in [6.07, 6.45) is 0. The molecule has 0 bridgehead atoms. The van der Waals surface area contributed by atoms with E-state index in [2.05, 4.69) is 47.0 Å². The van der Waals surface area contributed by atoms with Gasteiger partial charge in [-0.3, -0.25) is 0 Å². The van der Waals surface area contributed by atoms with Crippen LogP contribution in [0.3, 0.4) is 0 Å². The molecular formula is C40H25NO. The molecule has 0 aliphatic carbocycles. The summed E-state index contributed by atoms with van der Waals surface area (Å²) in [5.41, 5.74) is 5.73. The Morgan fingerprint density at radius 3 is 2.10 bits per heavy atom. The summed E-state index contributed by atoms with van der Waals surface area (Å²) in [5, 5.41) is 2.12. The van der Waals surface area contributed by atoms with Gasteiger partial charge in [-0.25, -0.2) is 0 Å². The second-order valence-corrected chi connectivity index (χ2v) is 10.3. The fourth-order valence-electron chi connectivity index (χ4n) is 5.93. The third-order valence-corrected chi connectivity index (χ3v) is 7.89. The molecule has 0 N–H and O–H groups in total. The van der Waals surface area contributed by atoms with Gasteiger partial charge in [0.1, 0.15) is 11.5 Å². The summed E-state index contributed by atoms with van der Waals surface area (Å²) in [4.78, 5) is 0. The van der Waals surface area contributed by atoms with Crippen LogP contribution in [-0.2, 0) is 0 Å². The van der Waals surface area contributed by atoms with Crippen molar-refractivity contribution in [3.8, 4) is 50.6 Å². The average molecular weight is 545 g/mol. The van der Waals surface area contributed by atoms with Gasteiger partial charge in [-0.15, -0.1) is 0 Å². The van der Waals surface area contributed by atoms with Crippen molar-refractivity contribution in [3.63, 3.8) is 0 Å². The monoisotopic (exact) mass is 544 g/mol. The highest BCUT2D eigenvalue weighted by atomic mass is 16.5. The van der Waals surface area contributed by atoms with Crippen molar-refractivity contribution in [3.05, 3.63) is 151 Å². The lowest BCUT2D eigenvalue weighted by molar-refractivity contribution is 0.487. The Hall–Kier alpha value is -5.60. The van der Waals surface area contributed by atoms with Crippen LogP contribution in [0.2, 0.25) is 0 Å². The molecule has 1 aliphatic heterocycles. The first-order valence-corrected chi connectivity index (χ1v) is 13.6. The summed E-state index contributed by atoms with van der Waals surface area (Å²) in [5.74, 6) is -0.442. The van der Waals surface area contributed by atoms with Crippen LogP contribution in [0.25, 0.3) is 71.6 Å². The number of para-hydroxylation sites is 2. The zero-order valence-corrected chi connectivity index (χ0v) is 22.1.